The highest BCUT2D eigenvalue weighted by Gasteiger charge is 2.26. The molecule has 0 aromatic heterocycles. The van der Waals surface area contributed by atoms with Crippen molar-refractivity contribution >= 4 is 11.9 Å². The van der Waals surface area contributed by atoms with Crippen molar-refractivity contribution in [3.63, 3.8) is 0 Å². The molecule has 0 heterocycles. The monoisotopic (exact) mass is 410 g/mol. The first-order valence-corrected chi connectivity index (χ1v) is 10.4. The minimum absolute atomic E-state index is 0.0606. The Morgan fingerprint density at radius 1 is 1.07 bits per heavy atom. The summed E-state index contributed by atoms with van der Waals surface area (Å²) in [6, 6.07) is 14.2. The van der Waals surface area contributed by atoms with Crippen LogP contribution in [-0.2, 0) is 6.54 Å². The van der Waals surface area contributed by atoms with Crippen LogP contribution in [0.25, 0.3) is 11.1 Å². The highest BCUT2D eigenvalue weighted by Crippen LogP contribution is 2.28. The molecule has 0 atom stereocenters. The summed E-state index contributed by atoms with van der Waals surface area (Å²) in [5.41, 5.74) is 3.92. The summed E-state index contributed by atoms with van der Waals surface area (Å²) in [4.78, 5) is 24.1. The molecule has 30 heavy (non-hydrogen) atoms. The van der Waals surface area contributed by atoms with Crippen LogP contribution in [0.4, 0.5) is 4.79 Å². The van der Waals surface area contributed by atoms with Crippen molar-refractivity contribution in [2.45, 2.75) is 51.2 Å². The lowest BCUT2D eigenvalue weighted by atomic mass is 9.90. The number of hydrogen-bond donors (Lipinski definition) is 2. The molecule has 1 aliphatic carbocycles. The van der Waals surface area contributed by atoms with E-state index in [1.54, 1.807) is 21.1 Å². The Hall–Kier alpha value is -2.86. The molecule has 1 fully saturated rings. The number of nitrogens with zero attached hydrogens (tertiary/aromatic N) is 1. The van der Waals surface area contributed by atoms with Gasteiger partial charge in [0.2, 0.25) is 0 Å². The molecule has 0 radical (unpaired) electrons. The van der Waals surface area contributed by atoms with Crippen molar-refractivity contribution in [1.29, 1.82) is 0 Å². The van der Waals surface area contributed by atoms with Gasteiger partial charge in [-0.15, -0.1) is 0 Å². The quantitative estimate of drug-likeness (QED) is 0.654. The lowest BCUT2D eigenvalue weighted by Crippen LogP contribution is -2.42. The van der Waals surface area contributed by atoms with Gasteiger partial charge in [0.15, 0.2) is 5.78 Å². The predicted molar refractivity (Wildman–Crippen MR) is 117 cm³/mol. The second-order valence-electron chi connectivity index (χ2n) is 7.94. The zero-order valence-corrected chi connectivity index (χ0v) is 17.9. The molecule has 1 saturated carbocycles. The summed E-state index contributed by atoms with van der Waals surface area (Å²) >= 11 is 0. The summed E-state index contributed by atoms with van der Waals surface area (Å²) in [6.45, 7) is 2.26. The highest BCUT2D eigenvalue weighted by molar-refractivity contribution is 5.94. The fraction of sp³-hybridized carbons (Fsp3) is 0.417. The number of rotatable bonds is 7. The fourth-order valence-corrected chi connectivity index (χ4v) is 4.07. The van der Waals surface area contributed by atoms with E-state index in [9.17, 15) is 9.59 Å². The van der Waals surface area contributed by atoms with E-state index in [4.69, 9.17) is 9.84 Å². The molecule has 160 valence electrons. The van der Waals surface area contributed by atoms with E-state index < -0.39 is 6.09 Å². The number of benzene rings is 2. The highest BCUT2D eigenvalue weighted by atomic mass is 16.5. The molecule has 2 aromatic carbocycles. The van der Waals surface area contributed by atoms with Crippen LogP contribution < -0.4 is 10.1 Å². The number of Topliss-reactive ketones (excluding diaryl/α,β-unsaturated/α-hetero) is 1. The van der Waals surface area contributed by atoms with Gasteiger partial charge >= 0.3 is 6.09 Å². The SMILES string of the molecule is COc1ccc(-c2ccc(C(C)=O)cc2)cc1CNC1CCC(N(C)C(=O)O)CC1. The topological polar surface area (TPSA) is 78.9 Å². The van der Waals surface area contributed by atoms with E-state index in [1.165, 1.54) is 4.90 Å². The Labute approximate surface area is 177 Å². The Balaban J connectivity index is 1.65. The first-order valence-electron chi connectivity index (χ1n) is 10.4. The summed E-state index contributed by atoms with van der Waals surface area (Å²) in [5, 5.41) is 12.8. The number of amides is 1. The van der Waals surface area contributed by atoms with E-state index in [0.29, 0.717) is 18.2 Å². The number of carboxylic acid groups (broad SMARTS) is 1. The Morgan fingerprint density at radius 2 is 1.70 bits per heavy atom. The summed E-state index contributed by atoms with van der Waals surface area (Å²) in [7, 11) is 3.33. The first-order chi connectivity index (χ1) is 14.4. The van der Waals surface area contributed by atoms with E-state index in [1.807, 2.05) is 36.4 Å². The second-order valence-corrected chi connectivity index (χ2v) is 7.94. The second kappa shape index (κ2) is 9.76. The van der Waals surface area contributed by atoms with Crippen LogP contribution in [0.2, 0.25) is 0 Å². The molecule has 2 N–H and O–H groups in total. The molecule has 0 spiro atoms. The Bertz CT molecular complexity index is 887. The van der Waals surface area contributed by atoms with Gasteiger partial charge in [-0.25, -0.2) is 4.79 Å². The van der Waals surface area contributed by atoms with Gasteiger partial charge in [0.05, 0.1) is 7.11 Å². The molecular formula is C24H30N2O4. The molecule has 1 amide bonds. The van der Waals surface area contributed by atoms with Crippen molar-refractivity contribution in [3.8, 4) is 16.9 Å². The van der Waals surface area contributed by atoms with Crippen LogP contribution in [0, 0.1) is 0 Å². The van der Waals surface area contributed by atoms with Gasteiger partial charge in [-0.1, -0.05) is 30.3 Å². The molecule has 3 rings (SSSR count). The minimum atomic E-state index is -0.857. The number of carbonyl (C=O) groups excluding carboxylic acids is 1. The maximum absolute atomic E-state index is 11.5. The maximum Gasteiger partial charge on any atom is 0.407 e. The Kier molecular flexibility index (Phi) is 7.11. The molecule has 0 saturated heterocycles. The largest absolute Gasteiger partial charge is 0.496 e. The Morgan fingerprint density at radius 3 is 2.27 bits per heavy atom. The van der Waals surface area contributed by atoms with E-state index in [-0.39, 0.29) is 11.8 Å². The standard InChI is InChI=1S/C24H30N2O4/c1-16(27)17-4-6-18(7-5-17)19-8-13-23(30-3)20(14-19)15-25-21-9-11-22(12-10-21)26(2)24(28)29/h4-8,13-14,21-22,25H,9-12,15H2,1-3H3,(H,28,29). The third-order valence-corrected chi connectivity index (χ3v) is 6.03. The van der Waals surface area contributed by atoms with E-state index in [2.05, 4.69) is 11.4 Å². The van der Waals surface area contributed by atoms with Gasteiger partial charge < -0.3 is 20.1 Å². The van der Waals surface area contributed by atoms with Gasteiger partial charge in [0, 0.05) is 36.8 Å². The molecule has 6 heteroatoms. The molecule has 6 nitrogen and oxygen atoms in total. The van der Waals surface area contributed by atoms with Crippen LogP contribution in [-0.4, -0.2) is 48.1 Å². The number of methoxy groups -OCH3 is 1. The number of ether oxygens (including phenoxy) is 1. The third kappa shape index (κ3) is 5.19. The van der Waals surface area contributed by atoms with Crippen LogP contribution >= 0.6 is 0 Å². The molecule has 2 aromatic rings. The van der Waals surface area contributed by atoms with Crippen molar-refractivity contribution < 1.29 is 19.4 Å². The van der Waals surface area contributed by atoms with E-state index >= 15 is 0 Å². The molecule has 0 unspecified atom stereocenters. The van der Waals surface area contributed by atoms with Gasteiger partial charge in [-0.2, -0.15) is 0 Å². The minimum Gasteiger partial charge on any atom is -0.496 e. The van der Waals surface area contributed by atoms with Gasteiger partial charge in [-0.05, 0) is 55.9 Å². The van der Waals surface area contributed by atoms with Crippen LogP contribution in [0.15, 0.2) is 42.5 Å². The summed E-state index contributed by atoms with van der Waals surface area (Å²) in [5.74, 6) is 0.899. The summed E-state index contributed by atoms with van der Waals surface area (Å²) < 4.78 is 5.54. The van der Waals surface area contributed by atoms with Crippen molar-refractivity contribution in [2.24, 2.45) is 0 Å². The number of nitrogens with one attached hydrogen (secondary N) is 1. The molecule has 0 aliphatic heterocycles. The summed E-state index contributed by atoms with van der Waals surface area (Å²) in [6.07, 6.45) is 2.80. The molecule has 0 bridgehead atoms. The van der Waals surface area contributed by atoms with Gasteiger partial charge in [0.25, 0.3) is 0 Å². The molecule has 1 aliphatic rings. The smallest absolute Gasteiger partial charge is 0.407 e. The fourth-order valence-electron chi connectivity index (χ4n) is 4.07. The zero-order valence-electron chi connectivity index (χ0n) is 17.9. The number of ketones is 1. The number of carbonyl (C=O) groups is 2. The first kappa shape index (κ1) is 21.8. The maximum atomic E-state index is 11.5. The lowest BCUT2D eigenvalue weighted by molar-refractivity contribution is 0.101. The van der Waals surface area contributed by atoms with Crippen molar-refractivity contribution in [3.05, 3.63) is 53.6 Å². The normalized spacial score (nSPS) is 18.6. The van der Waals surface area contributed by atoms with Crippen molar-refractivity contribution in [1.82, 2.24) is 10.2 Å². The van der Waals surface area contributed by atoms with Crippen LogP contribution in [0.1, 0.15) is 48.5 Å². The lowest BCUT2D eigenvalue weighted by Gasteiger charge is -2.33. The number of hydrogen-bond acceptors (Lipinski definition) is 4. The predicted octanol–water partition coefficient (Wildman–Crippen LogP) is 4.58. The average molecular weight is 411 g/mol. The van der Waals surface area contributed by atoms with Gasteiger partial charge in [0.1, 0.15) is 5.75 Å². The average Bonchev–Trinajstić information content (AvgIpc) is 2.77. The van der Waals surface area contributed by atoms with Crippen LogP contribution in [0.3, 0.4) is 0 Å². The molecular weight excluding hydrogens is 380 g/mol. The van der Waals surface area contributed by atoms with Crippen molar-refractivity contribution in [2.75, 3.05) is 14.2 Å². The van der Waals surface area contributed by atoms with Gasteiger partial charge in [-0.3, -0.25) is 4.79 Å². The third-order valence-electron chi connectivity index (χ3n) is 6.03. The van der Waals surface area contributed by atoms with E-state index in [0.717, 1.165) is 48.1 Å². The van der Waals surface area contributed by atoms with Crippen LogP contribution in [0.5, 0.6) is 5.75 Å². The zero-order chi connectivity index (χ0) is 21.7.